The van der Waals surface area contributed by atoms with Crippen molar-refractivity contribution in [1.29, 1.82) is 5.26 Å². The van der Waals surface area contributed by atoms with Gasteiger partial charge in [-0.25, -0.2) is 13.7 Å². The number of fused-ring (bicyclic) bond motifs is 1. The normalized spacial score (nSPS) is 19.6. The van der Waals surface area contributed by atoms with Crippen LogP contribution in [0.3, 0.4) is 0 Å². The number of carboxylic acids is 1. The molecule has 0 unspecified atom stereocenters. The Morgan fingerprint density at radius 3 is 2.92 bits per heavy atom. The smallest absolute Gasteiger partial charge is 0.339 e. The van der Waals surface area contributed by atoms with E-state index in [1.165, 1.54) is 22.8 Å². The van der Waals surface area contributed by atoms with Gasteiger partial charge in [0.2, 0.25) is 0 Å². The minimum atomic E-state index is -1.05. The summed E-state index contributed by atoms with van der Waals surface area (Å²) in [6, 6.07) is 12.1. The number of halogens is 1. The number of nitrogens with zero attached hydrogens (tertiary/aromatic N) is 4. The summed E-state index contributed by atoms with van der Waals surface area (Å²) in [6.45, 7) is 0.504. The van der Waals surface area contributed by atoms with Crippen LogP contribution in [0.25, 0.3) is 5.52 Å². The Balaban J connectivity index is 1.79. The molecule has 3 heterocycles. The first kappa shape index (κ1) is 16.1. The number of carboxylic acid groups (broad SMARTS) is 1. The van der Waals surface area contributed by atoms with E-state index in [1.807, 2.05) is 17.0 Å². The highest BCUT2D eigenvalue weighted by molar-refractivity contribution is 5.95. The van der Waals surface area contributed by atoms with E-state index in [4.69, 9.17) is 0 Å². The highest BCUT2D eigenvalue weighted by Gasteiger charge is 2.33. The zero-order chi connectivity index (χ0) is 18.3. The van der Waals surface area contributed by atoms with Gasteiger partial charge in [0.15, 0.2) is 0 Å². The molecule has 1 saturated heterocycles. The van der Waals surface area contributed by atoms with Crippen LogP contribution in [0.1, 0.15) is 28.4 Å². The molecule has 4 rings (SSSR count). The molecule has 1 N–H and O–H groups in total. The molecule has 0 spiro atoms. The molecule has 0 bridgehead atoms. The summed E-state index contributed by atoms with van der Waals surface area (Å²) >= 11 is 0. The van der Waals surface area contributed by atoms with E-state index in [0.29, 0.717) is 18.5 Å². The van der Waals surface area contributed by atoms with Gasteiger partial charge < -0.3 is 10.0 Å². The Hall–Kier alpha value is -3.40. The highest BCUT2D eigenvalue weighted by atomic mass is 19.1. The number of benzene rings is 1. The van der Waals surface area contributed by atoms with Crippen LogP contribution in [0.2, 0.25) is 0 Å². The van der Waals surface area contributed by atoms with Gasteiger partial charge in [0.25, 0.3) is 0 Å². The first-order valence-electron chi connectivity index (χ1n) is 8.19. The molecule has 130 valence electrons. The van der Waals surface area contributed by atoms with Crippen molar-refractivity contribution in [2.75, 3.05) is 11.4 Å². The molecule has 6 nitrogen and oxygen atoms in total. The molecule has 1 fully saturated rings. The first-order chi connectivity index (χ1) is 12.6. The molecule has 1 aliphatic rings. The predicted octanol–water partition coefficient (Wildman–Crippen LogP) is 3.26. The number of nitriles is 1. The third-order valence-electron chi connectivity index (χ3n) is 4.78. The molecular weight excluding hydrogens is 335 g/mol. The van der Waals surface area contributed by atoms with Crippen molar-refractivity contribution in [3.63, 3.8) is 0 Å². The van der Waals surface area contributed by atoms with E-state index in [-0.39, 0.29) is 23.3 Å². The van der Waals surface area contributed by atoms with Crippen LogP contribution >= 0.6 is 0 Å². The second kappa shape index (κ2) is 6.15. The maximum Gasteiger partial charge on any atom is 0.339 e. The minimum absolute atomic E-state index is 0.116. The number of carbonyl (C=O) groups is 1. The second-order valence-corrected chi connectivity index (χ2v) is 6.36. The number of hydrogen-bond donors (Lipinski definition) is 1. The SMILES string of the molecule is N#C[C@H]1C[C@H](c2cccc(F)c2)N(c2ccn3ncc(C(=O)O)c3c2)C1. The fourth-order valence-electron chi connectivity index (χ4n) is 3.56. The molecule has 0 aliphatic carbocycles. The maximum atomic E-state index is 13.7. The van der Waals surface area contributed by atoms with Crippen LogP contribution in [-0.4, -0.2) is 27.2 Å². The molecule has 0 saturated carbocycles. The summed E-state index contributed by atoms with van der Waals surface area (Å²) < 4.78 is 15.2. The molecule has 2 atom stereocenters. The van der Waals surface area contributed by atoms with Gasteiger partial charge in [0.1, 0.15) is 11.4 Å². The Kier molecular flexibility index (Phi) is 3.81. The lowest BCUT2D eigenvalue weighted by Gasteiger charge is -2.27. The average Bonchev–Trinajstić information content (AvgIpc) is 3.25. The van der Waals surface area contributed by atoms with Crippen molar-refractivity contribution >= 4 is 17.2 Å². The van der Waals surface area contributed by atoms with Crippen LogP contribution in [0.5, 0.6) is 0 Å². The predicted molar refractivity (Wildman–Crippen MR) is 92.4 cm³/mol. The van der Waals surface area contributed by atoms with Crippen LogP contribution in [0.15, 0.2) is 48.8 Å². The van der Waals surface area contributed by atoms with E-state index in [1.54, 1.807) is 18.3 Å². The summed E-state index contributed by atoms with van der Waals surface area (Å²) in [5.74, 6) is -1.54. The number of anilines is 1. The van der Waals surface area contributed by atoms with Gasteiger partial charge >= 0.3 is 5.97 Å². The number of rotatable bonds is 3. The quantitative estimate of drug-likeness (QED) is 0.784. The van der Waals surface area contributed by atoms with E-state index in [9.17, 15) is 19.6 Å². The van der Waals surface area contributed by atoms with E-state index in [2.05, 4.69) is 11.2 Å². The molecule has 3 aromatic rings. The summed E-state index contributed by atoms with van der Waals surface area (Å²) in [6.07, 6.45) is 3.60. The second-order valence-electron chi connectivity index (χ2n) is 6.36. The molecule has 2 aromatic heterocycles. The van der Waals surface area contributed by atoms with E-state index >= 15 is 0 Å². The Morgan fingerprint density at radius 1 is 1.35 bits per heavy atom. The van der Waals surface area contributed by atoms with Crippen LogP contribution < -0.4 is 4.90 Å². The fourth-order valence-corrected chi connectivity index (χ4v) is 3.56. The summed E-state index contributed by atoms with van der Waals surface area (Å²) in [5.41, 5.74) is 2.18. The molecule has 0 amide bonds. The third-order valence-corrected chi connectivity index (χ3v) is 4.78. The summed E-state index contributed by atoms with van der Waals surface area (Å²) in [7, 11) is 0. The Labute approximate surface area is 148 Å². The average molecular weight is 350 g/mol. The topological polar surface area (TPSA) is 81.6 Å². The first-order valence-corrected chi connectivity index (χ1v) is 8.19. The molecule has 26 heavy (non-hydrogen) atoms. The molecule has 7 heteroatoms. The number of hydrogen-bond acceptors (Lipinski definition) is 4. The highest BCUT2D eigenvalue weighted by Crippen LogP contribution is 2.39. The van der Waals surface area contributed by atoms with Gasteiger partial charge in [-0.2, -0.15) is 10.4 Å². The molecule has 1 aliphatic heterocycles. The minimum Gasteiger partial charge on any atom is -0.478 e. The maximum absolute atomic E-state index is 13.7. The van der Waals surface area contributed by atoms with Crippen molar-refractivity contribution < 1.29 is 14.3 Å². The third kappa shape index (κ3) is 2.65. The van der Waals surface area contributed by atoms with Crippen molar-refractivity contribution in [3.05, 3.63) is 65.7 Å². The molecular formula is C19H15FN4O2. The standard InChI is InChI=1S/C19H15FN4O2/c20-14-3-1-2-13(7-14)17-6-12(9-21)11-23(17)15-4-5-24-18(8-15)16(10-22-24)19(25)26/h1-5,7-8,10,12,17H,6,11H2,(H,25,26)/t12-,17-/m1/s1. The number of aromatic carboxylic acids is 1. The van der Waals surface area contributed by atoms with Crippen molar-refractivity contribution in [2.45, 2.75) is 12.5 Å². The lowest BCUT2D eigenvalue weighted by Crippen LogP contribution is -2.23. The monoisotopic (exact) mass is 350 g/mol. The summed E-state index contributed by atoms with van der Waals surface area (Å²) in [4.78, 5) is 13.4. The van der Waals surface area contributed by atoms with Gasteiger partial charge in [0.05, 0.1) is 29.7 Å². The van der Waals surface area contributed by atoms with Crippen molar-refractivity contribution in [2.24, 2.45) is 5.92 Å². The van der Waals surface area contributed by atoms with Gasteiger partial charge in [-0.15, -0.1) is 0 Å². The molecule has 0 radical (unpaired) electrons. The Morgan fingerprint density at radius 2 is 2.19 bits per heavy atom. The van der Waals surface area contributed by atoms with Gasteiger partial charge in [0, 0.05) is 18.4 Å². The largest absolute Gasteiger partial charge is 0.478 e. The lowest BCUT2D eigenvalue weighted by atomic mass is 10.0. The van der Waals surface area contributed by atoms with Crippen LogP contribution in [0, 0.1) is 23.1 Å². The zero-order valence-electron chi connectivity index (χ0n) is 13.7. The van der Waals surface area contributed by atoms with Crippen molar-refractivity contribution in [3.8, 4) is 6.07 Å². The van der Waals surface area contributed by atoms with Crippen molar-refractivity contribution in [1.82, 2.24) is 9.61 Å². The van der Waals surface area contributed by atoms with Gasteiger partial charge in [-0.3, -0.25) is 0 Å². The van der Waals surface area contributed by atoms with E-state index < -0.39 is 5.97 Å². The van der Waals surface area contributed by atoms with E-state index in [0.717, 1.165) is 11.3 Å². The summed E-state index contributed by atoms with van der Waals surface area (Å²) in [5, 5.41) is 22.7. The van der Waals surface area contributed by atoms with Crippen LogP contribution in [-0.2, 0) is 0 Å². The fraction of sp³-hybridized carbons (Fsp3) is 0.211. The molecule has 1 aromatic carbocycles. The number of pyridine rings is 1. The van der Waals surface area contributed by atoms with Gasteiger partial charge in [-0.1, -0.05) is 12.1 Å². The zero-order valence-corrected chi connectivity index (χ0v) is 13.7. The Bertz CT molecular complexity index is 1040. The van der Waals surface area contributed by atoms with Gasteiger partial charge in [-0.05, 0) is 36.2 Å². The van der Waals surface area contributed by atoms with Crippen LogP contribution in [0.4, 0.5) is 10.1 Å². The number of aromatic nitrogens is 2. The lowest BCUT2D eigenvalue weighted by molar-refractivity contribution is 0.0699.